The van der Waals surface area contributed by atoms with Crippen LogP contribution in [0.2, 0.25) is 5.15 Å². The summed E-state index contributed by atoms with van der Waals surface area (Å²) in [6, 6.07) is 2.12. The van der Waals surface area contributed by atoms with E-state index in [9.17, 15) is 0 Å². The summed E-state index contributed by atoms with van der Waals surface area (Å²) in [5.74, 6) is 1.63. The van der Waals surface area contributed by atoms with Crippen molar-refractivity contribution in [3.05, 3.63) is 44.5 Å². The van der Waals surface area contributed by atoms with E-state index in [1.54, 1.807) is 0 Å². The molecule has 0 aliphatic carbocycles. The van der Waals surface area contributed by atoms with Crippen molar-refractivity contribution >= 4 is 33.3 Å². The molecule has 104 valence electrons. The fourth-order valence-corrected chi connectivity index (χ4v) is 3.05. The van der Waals surface area contributed by atoms with Crippen molar-refractivity contribution in [3.63, 3.8) is 0 Å². The van der Waals surface area contributed by atoms with Crippen molar-refractivity contribution in [2.75, 3.05) is 11.4 Å². The van der Waals surface area contributed by atoms with E-state index in [2.05, 4.69) is 41.8 Å². The van der Waals surface area contributed by atoms with Gasteiger partial charge in [0.2, 0.25) is 0 Å². The third-order valence-corrected chi connectivity index (χ3v) is 4.28. The number of aromatic nitrogens is 3. The number of nitrogens with zero attached hydrogens (tertiary/aromatic N) is 4. The maximum Gasteiger partial charge on any atom is 0.137 e. The monoisotopic (exact) mass is 352 g/mol. The molecule has 0 fully saturated rings. The van der Waals surface area contributed by atoms with Gasteiger partial charge in [0.05, 0.1) is 0 Å². The zero-order valence-electron chi connectivity index (χ0n) is 11.3. The Morgan fingerprint density at radius 1 is 1.30 bits per heavy atom. The number of anilines is 1. The van der Waals surface area contributed by atoms with Crippen LogP contribution in [0.3, 0.4) is 0 Å². The maximum absolute atomic E-state index is 6.17. The van der Waals surface area contributed by atoms with E-state index >= 15 is 0 Å². The molecule has 6 heteroatoms. The minimum Gasteiger partial charge on any atom is -0.351 e. The number of hydrogen-bond acceptors (Lipinski definition) is 4. The second kappa shape index (κ2) is 5.30. The van der Waals surface area contributed by atoms with Crippen molar-refractivity contribution < 1.29 is 0 Å². The Hall–Kier alpha value is -1.20. The highest BCUT2D eigenvalue weighted by Gasteiger charge is 2.21. The predicted molar refractivity (Wildman–Crippen MR) is 83.2 cm³/mol. The number of pyridine rings is 1. The molecule has 20 heavy (non-hydrogen) atoms. The van der Waals surface area contributed by atoms with Crippen LogP contribution in [0.4, 0.5) is 5.82 Å². The molecule has 4 nitrogen and oxygen atoms in total. The van der Waals surface area contributed by atoms with E-state index in [0.29, 0.717) is 11.0 Å². The van der Waals surface area contributed by atoms with Gasteiger partial charge >= 0.3 is 0 Å². The molecule has 0 bridgehead atoms. The molecular weight excluding hydrogens is 340 g/mol. The Bertz CT molecular complexity index is 674. The van der Waals surface area contributed by atoms with Gasteiger partial charge in [-0.25, -0.2) is 9.97 Å². The third kappa shape index (κ3) is 2.52. The highest BCUT2D eigenvalue weighted by Crippen LogP contribution is 2.28. The standard InChI is InChI=1S/C14H14BrClN4/c1-8-13(16)18-9(2)19-14(8)20-4-3-12-10(7-20)5-11(15)6-17-12/h5-6H,3-4,7H2,1-2H3. The minimum atomic E-state index is 0.533. The van der Waals surface area contributed by atoms with E-state index in [-0.39, 0.29) is 0 Å². The lowest BCUT2D eigenvalue weighted by molar-refractivity contribution is 0.696. The van der Waals surface area contributed by atoms with Crippen LogP contribution in [0.1, 0.15) is 22.6 Å². The van der Waals surface area contributed by atoms with Crippen LogP contribution < -0.4 is 4.90 Å². The third-order valence-electron chi connectivity index (χ3n) is 3.48. The summed E-state index contributed by atoms with van der Waals surface area (Å²) >= 11 is 9.64. The van der Waals surface area contributed by atoms with Crippen LogP contribution in [0, 0.1) is 13.8 Å². The van der Waals surface area contributed by atoms with Gasteiger partial charge in [-0.15, -0.1) is 0 Å². The molecule has 0 radical (unpaired) electrons. The fraction of sp³-hybridized carbons (Fsp3) is 0.357. The lowest BCUT2D eigenvalue weighted by Crippen LogP contribution is -2.32. The summed E-state index contributed by atoms with van der Waals surface area (Å²) in [5, 5.41) is 0.533. The summed E-state index contributed by atoms with van der Waals surface area (Å²) in [7, 11) is 0. The van der Waals surface area contributed by atoms with E-state index in [1.807, 2.05) is 20.0 Å². The Balaban J connectivity index is 1.98. The lowest BCUT2D eigenvalue weighted by Gasteiger charge is -2.30. The van der Waals surface area contributed by atoms with Crippen molar-refractivity contribution in [1.82, 2.24) is 15.0 Å². The van der Waals surface area contributed by atoms with Crippen molar-refractivity contribution in [2.45, 2.75) is 26.8 Å². The zero-order valence-corrected chi connectivity index (χ0v) is 13.7. The van der Waals surface area contributed by atoms with Crippen LogP contribution in [-0.2, 0) is 13.0 Å². The summed E-state index contributed by atoms with van der Waals surface area (Å²) in [4.78, 5) is 15.5. The van der Waals surface area contributed by atoms with Gasteiger partial charge in [0.25, 0.3) is 0 Å². The topological polar surface area (TPSA) is 41.9 Å². The van der Waals surface area contributed by atoms with Gasteiger partial charge in [0, 0.05) is 41.4 Å². The molecule has 3 rings (SSSR count). The first-order valence-electron chi connectivity index (χ1n) is 6.43. The number of halogens is 2. The largest absolute Gasteiger partial charge is 0.351 e. The predicted octanol–water partition coefficient (Wildman–Crippen LogP) is 3.47. The first kappa shape index (κ1) is 13.8. The minimum absolute atomic E-state index is 0.533. The van der Waals surface area contributed by atoms with Gasteiger partial charge in [-0.2, -0.15) is 0 Å². The van der Waals surface area contributed by atoms with Gasteiger partial charge in [-0.05, 0) is 41.4 Å². The highest BCUT2D eigenvalue weighted by molar-refractivity contribution is 9.10. The lowest BCUT2D eigenvalue weighted by atomic mass is 10.1. The van der Waals surface area contributed by atoms with Gasteiger partial charge in [0.1, 0.15) is 16.8 Å². The van der Waals surface area contributed by atoms with E-state index in [4.69, 9.17) is 11.6 Å². The second-order valence-corrected chi connectivity index (χ2v) is 6.21. The Morgan fingerprint density at radius 3 is 2.90 bits per heavy atom. The van der Waals surface area contributed by atoms with Gasteiger partial charge in [-0.3, -0.25) is 4.98 Å². The van der Waals surface area contributed by atoms with E-state index < -0.39 is 0 Å². The first-order chi connectivity index (χ1) is 9.54. The van der Waals surface area contributed by atoms with Crippen LogP contribution in [0.15, 0.2) is 16.7 Å². The molecule has 1 aliphatic heterocycles. The summed E-state index contributed by atoms with van der Waals surface area (Å²) in [6.45, 7) is 5.53. The fourth-order valence-electron chi connectivity index (χ4n) is 2.47. The molecule has 0 spiro atoms. The Labute approximate surface area is 131 Å². The molecule has 2 aromatic rings. The Morgan fingerprint density at radius 2 is 2.10 bits per heavy atom. The van der Waals surface area contributed by atoms with Crippen LogP contribution in [-0.4, -0.2) is 21.5 Å². The highest BCUT2D eigenvalue weighted by atomic mass is 79.9. The number of fused-ring (bicyclic) bond motifs is 1. The van der Waals surface area contributed by atoms with Crippen LogP contribution in [0.5, 0.6) is 0 Å². The normalized spacial score (nSPS) is 14.3. The van der Waals surface area contributed by atoms with Crippen LogP contribution in [0.25, 0.3) is 0 Å². The molecule has 2 aromatic heterocycles. The van der Waals surface area contributed by atoms with Gasteiger partial charge in [-0.1, -0.05) is 11.6 Å². The average Bonchev–Trinajstić information content (AvgIpc) is 2.42. The average molecular weight is 354 g/mol. The second-order valence-electron chi connectivity index (χ2n) is 4.94. The summed E-state index contributed by atoms with van der Waals surface area (Å²) < 4.78 is 1.01. The number of aryl methyl sites for hydroxylation is 1. The van der Waals surface area contributed by atoms with E-state index in [0.717, 1.165) is 35.4 Å². The maximum atomic E-state index is 6.17. The molecule has 1 aliphatic rings. The van der Waals surface area contributed by atoms with Crippen molar-refractivity contribution in [3.8, 4) is 0 Å². The summed E-state index contributed by atoms with van der Waals surface area (Å²) in [6.07, 6.45) is 2.77. The Kier molecular flexibility index (Phi) is 3.65. The van der Waals surface area contributed by atoms with Gasteiger partial charge in [0.15, 0.2) is 0 Å². The quantitative estimate of drug-likeness (QED) is 0.736. The molecule has 0 amide bonds. The summed E-state index contributed by atoms with van der Waals surface area (Å²) in [5.41, 5.74) is 3.33. The van der Waals surface area contributed by atoms with Crippen LogP contribution >= 0.6 is 27.5 Å². The van der Waals surface area contributed by atoms with Crippen molar-refractivity contribution in [2.24, 2.45) is 0 Å². The molecule has 0 saturated carbocycles. The van der Waals surface area contributed by atoms with Gasteiger partial charge < -0.3 is 4.90 Å². The molecular formula is C14H14BrClN4. The smallest absolute Gasteiger partial charge is 0.137 e. The molecule has 3 heterocycles. The molecule has 0 atom stereocenters. The SMILES string of the molecule is Cc1nc(Cl)c(C)c(N2CCc3ncc(Br)cc3C2)n1. The molecule has 0 N–H and O–H groups in total. The zero-order chi connectivity index (χ0) is 14.3. The van der Waals surface area contributed by atoms with Crippen molar-refractivity contribution in [1.29, 1.82) is 0 Å². The first-order valence-corrected chi connectivity index (χ1v) is 7.60. The molecule has 0 saturated heterocycles. The van der Waals surface area contributed by atoms with E-state index in [1.165, 1.54) is 11.3 Å². The molecule has 0 aromatic carbocycles. The number of hydrogen-bond donors (Lipinski definition) is 0. The molecule has 0 unspecified atom stereocenters. The number of rotatable bonds is 1.